The molecule has 106 valence electrons. The van der Waals surface area contributed by atoms with Gasteiger partial charge in [-0.25, -0.2) is 4.79 Å². The van der Waals surface area contributed by atoms with E-state index < -0.39 is 6.03 Å². The summed E-state index contributed by atoms with van der Waals surface area (Å²) in [5.74, 6) is -0.312. The Hall–Kier alpha value is -1.14. The number of amides is 3. The third-order valence-electron chi connectivity index (χ3n) is 2.76. The Morgan fingerprint density at radius 3 is 2.33 bits per heavy atom. The maximum absolute atomic E-state index is 11.6. The maximum Gasteiger partial charge on any atom is 0.321 e. The van der Waals surface area contributed by atoms with Crippen molar-refractivity contribution in [2.45, 2.75) is 39.8 Å². The highest BCUT2D eigenvalue weighted by atomic mass is 16.2. The summed E-state index contributed by atoms with van der Waals surface area (Å²) in [5.41, 5.74) is 0. The van der Waals surface area contributed by atoms with Gasteiger partial charge in [0.2, 0.25) is 5.91 Å². The van der Waals surface area contributed by atoms with Gasteiger partial charge in [-0.3, -0.25) is 10.1 Å². The fraction of sp³-hybridized carbons (Fsp3) is 0.833. The summed E-state index contributed by atoms with van der Waals surface area (Å²) < 4.78 is 0. The van der Waals surface area contributed by atoms with Crippen LogP contribution < -0.4 is 16.0 Å². The molecular formula is C12H26N4O2. The van der Waals surface area contributed by atoms with Crippen LogP contribution in [0.4, 0.5) is 4.79 Å². The van der Waals surface area contributed by atoms with E-state index in [2.05, 4.69) is 34.7 Å². The van der Waals surface area contributed by atoms with Crippen LogP contribution in [0.25, 0.3) is 0 Å². The van der Waals surface area contributed by atoms with Crippen LogP contribution in [0.15, 0.2) is 0 Å². The maximum atomic E-state index is 11.6. The van der Waals surface area contributed by atoms with Crippen LogP contribution in [-0.4, -0.2) is 55.6 Å². The predicted octanol–water partition coefficient (Wildman–Crippen LogP) is 0.150. The number of urea groups is 1. The van der Waals surface area contributed by atoms with E-state index in [0.717, 1.165) is 6.54 Å². The molecule has 0 saturated heterocycles. The Morgan fingerprint density at radius 2 is 1.83 bits per heavy atom. The van der Waals surface area contributed by atoms with E-state index in [1.165, 1.54) is 0 Å². The molecule has 0 bridgehead atoms. The fourth-order valence-electron chi connectivity index (χ4n) is 1.23. The summed E-state index contributed by atoms with van der Waals surface area (Å²) in [6.45, 7) is 9.84. The zero-order chi connectivity index (χ0) is 14.1. The standard InChI is InChI=1S/C12H26N4O2/c1-6-13-12(18)15-11(17)10(4)14-7-8-16(5)9(2)3/h9-10,14H,6-8H2,1-5H3,(H2,13,15,17,18). The number of rotatable bonds is 7. The second-order valence-electron chi connectivity index (χ2n) is 4.60. The summed E-state index contributed by atoms with van der Waals surface area (Å²) >= 11 is 0. The molecule has 6 heteroatoms. The molecule has 0 heterocycles. The van der Waals surface area contributed by atoms with Crippen LogP contribution in [0.5, 0.6) is 0 Å². The molecule has 0 saturated carbocycles. The summed E-state index contributed by atoms with van der Waals surface area (Å²) in [7, 11) is 2.03. The molecule has 6 nitrogen and oxygen atoms in total. The van der Waals surface area contributed by atoms with Crippen molar-refractivity contribution in [3.63, 3.8) is 0 Å². The molecule has 0 aliphatic heterocycles. The summed E-state index contributed by atoms with van der Waals surface area (Å²) in [5, 5.41) is 7.87. The molecule has 0 aromatic carbocycles. The summed E-state index contributed by atoms with van der Waals surface area (Å²) in [6.07, 6.45) is 0. The van der Waals surface area contributed by atoms with Crippen molar-refractivity contribution in [2.75, 3.05) is 26.7 Å². The van der Waals surface area contributed by atoms with Crippen LogP contribution in [0.1, 0.15) is 27.7 Å². The number of nitrogens with one attached hydrogen (secondary N) is 3. The average molecular weight is 258 g/mol. The first kappa shape index (κ1) is 16.9. The number of imide groups is 1. The zero-order valence-corrected chi connectivity index (χ0v) is 12.0. The van der Waals surface area contributed by atoms with E-state index in [1.54, 1.807) is 13.8 Å². The van der Waals surface area contributed by atoms with Crippen molar-refractivity contribution >= 4 is 11.9 Å². The minimum absolute atomic E-state index is 0.312. The molecule has 0 aromatic heterocycles. The van der Waals surface area contributed by atoms with Gasteiger partial charge in [0.15, 0.2) is 0 Å². The van der Waals surface area contributed by atoms with Crippen molar-refractivity contribution in [3.05, 3.63) is 0 Å². The minimum Gasteiger partial charge on any atom is -0.338 e. The second-order valence-corrected chi connectivity index (χ2v) is 4.60. The highest BCUT2D eigenvalue weighted by Crippen LogP contribution is 1.91. The van der Waals surface area contributed by atoms with Crippen LogP contribution in [0.2, 0.25) is 0 Å². The molecule has 0 radical (unpaired) electrons. The van der Waals surface area contributed by atoms with E-state index in [-0.39, 0.29) is 11.9 Å². The normalized spacial score (nSPS) is 12.6. The first-order valence-electron chi connectivity index (χ1n) is 6.40. The molecule has 1 atom stereocenters. The molecule has 0 spiro atoms. The van der Waals surface area contributed by atoms with E-state index >= 15 is 0 Å². The topological polar surface area (TPSA) is 73.5 Å². The average Bonchev–Trinajstić information content (AvgIpc) is 2.28. The van der Waals surface area contributed by atoms with Gasteiger partial charge in [0, 0.05) is 25.7 Å². The molecular weight excluding hydrogens is 232 g/mol. The Balaban J connectivity index is 3.84. The molecule has 3 amide bonds. The van der Waals surface area contributed by atoms with Gasteiger partial charge in [-0.05, 0) is 34.7 Å². The van der Waals surface area contributed by atoms with Crippen LogP contribution in [-0.2, 0) is 4.79 Å². The third-order valence-corrected chi connectivity index (χ3v) is 2.76. The van der Waals surface area contributed by atoms with Gasteiger partial charge in [-0.2, -0.15) is 0 Å². The molecule has 0 aliphatic rings. The first-order chi connectivity index (χ1) is 8.38. The number of carbonyl (C=O) groups excluding carboxylic acids is 2. The predicted molar refractivity (Wildman–Crippen MR) is 72.4 cm³/mol. The summed E-state index contributed by atoms with van der Waals surface area (Å²) in [6, 6.07) is -0.352. The van der Waals surface area contributed by atoms with Gasteiger partial charge >= 0.3 is 6.03 Å². The quantitative estimate of drug-likeness (QED) is 0.608. The van der Waals surface area contributed by atoms with Gasteiger partial charge in [0.1, 0.15) is 0 Å². The molecule has 0 fully saturated rings. The van der Waals surface area contributed by atoms with Gasteiger partial charge in [0.05, 0.1) is 6.04 Å². The number of hydrogen-bond donors (Lipinski definition) is 3. The van der Waals surface area contributed by atoms with Gasteiger partial charge < -0.3 is 15.5 Å². The lowest BCUT2D eigenvalue weighted by Gasteiger charge is -2.22. The number of carbonyl (C=O) groups is 2. The lowest BCUT2D eigenvalue weighted by molar-refractivity contribution is -0.121. The Kier molecular flexibility index (Phi) is 8.32. The highest BCUT2D eigenvalue weighted by Gasteiger charge is 2.14. The molecule has 0 aliphatic carbocycles. The molecule has 0 aromatic rings. The number of nitrogens with zero attached hydrogens (tertiary/aromatic N) is 1. The third kappa shape index (κ3) is 7.24. The monoisotopic (exact) mass is 258 g/mol. The van der Waals surface area contributed by atoms with Gasteiger partial charge in [0.25, 0.3) is 0 Å². The van der Waals surface area contributed by atoms with Gasteiger partial charge in [-0.1, -0.05) is 0 Å². The van der Waals surface area contributed by atoms with Crippen molar-refractivity contribution in [3.8, 4) is 0 Å². The SMILES string of the molecule is CCNC(=O)NC(=O)C(C)NCCN(C)C(C)C. The highest BCUT2D eigenvalue weighted by molar-refractivity contribution is 5.96. The van der Waals surface area contributed by atoms with Crippen molar-refractivity contribution in [2.24, 2.45) is 0 Å². The largest absolute Gasteiger partial charge is 0.338 e. The molecule has 3 N–H and O–H groups in total. The lowest BCUT2D eigenvalue weighted by atomic mass is 10.3. The van der Waals surface area contributed by atoms with Crippen LogP contribution in [0.3, 0.4) is 0 Å². The van der Waals surface area contributed by atoms with Crippen molar-refractivity contribution in [1.29, 1.82) is 0 Å². The number of hydrogen-bond acceptors (Lipinski definition) is 4. The second kappa shape index (κ2) is 8.88. The van der Waals surface area contributed by atoms with E-state index in [9.17, 15) is 9.59 Å². The van der Waals surface area contributed by atoms with E-state index in [0.29, 0.717) is 19.1 Å². The van der Waals surface area contributed by atoms with E-state index in [1.807, 2.05) is 7.05 Å². The lowest BCUT2D eigenvalue weighted by Crippen LogP contribution is -2.49. The Bertz CT molecular complexity index is 269. The first-order valence-corrected chi connectivity index (χ1v) is 6.40. The molecule has 1 unspecified atom stereocenters. The fourth-order valence-corrected chi connectivity index (χ4v) is 1.23. The Labute approximate surface area is 109 Å². The van der Waals surface area contributed by atoms with Crippen LogP contribution >= 0.6 is 0 Å². The van der Waals surface area contributed by atoms with Gasteiger partial charge in [-0.15, -0.1) is 0 Å². The van der Waals surface area contributed by atoms with Crippen molar-refractivity contribution < 1.29 is 9.59 Å². The van der Waals surface area contributed by atoms with Crippen molar-refractivity contribution in [1.82, 2.24) is 20.9 Å². The minimum atomic E-state index is -0.449. The number of likely N-dealkylation sites (N-methyl/N-ethyl adjacent to an activating group) is 1. The molecule has 18 heavy (non-hydrogen) atoms. The smallest absolute Gasteiger partial charge is 0.321 e. The Morgan fingerprint density at radius 1 is 1.22 bits per heavy atom. The van der Waals surface area contributed by atoms with E-state index in [4.69, 9.17) is 0 Å². The molecule has 0 rings (SSSR count). The summed E-state index contributed by atoms with van der Waals surface area (Å²) in [4.78, 5) is 24.9. The zero-order valence-electron chi connectivity index (χ0n) is 12.0. The van der Waals surface area contributed by atoms with Crippen LogP contribution in [0, 0.1) is 0 Å².